The van der Waals surface area contributed by atoms with Crippen molar-refractivity contribution in [3.05, 3.63) is 75.8 Å². The number of carbonyl (C=O) groups is 1. The van der Waals surface area contributed by atoms with E-state index >= 15 is 0 Å². The van der Waals surface area contributed by atoms with Gasteiger partial charge in [-0.3, -0.25) is 9.69 Å². The van der Waals surface area contributed by atoms with Gasteiger partial charge in [0.25, 0.3) is 0 Å². The van der Waals surface area contributed by atoms with Crippen molar-refractivity contribution in [1.82, 2.24) is 9.80 Å². The summed E-state index contributed by atoms with van der Waals surface area (Å²) >= 11 is 12.3. The van der Waals surface area contributed by atoms with Gasteiger partial charge in [-0.2, -0.15) is 0 Å². The average Bonchev–Trinajstić information content (AvgIpc) is 2.62. The number of nitrogens with zero attached hydrogens (tertiary/aromatic N) is 2. The Kier molecular flexibility index (Phi) is 6.14. The van der Waals surface area contributed by atoms with Gasteiger partial charge in [-0.25, -0.2) is 0 Å². The van der Waals surface area contributed by atoms with Gasteiger partial charge in [0.2, 0.25) is 5.91 Å². The van der Waals surface area contributed by atoms with Gasteiger partial charge >= 0.3 is 0 Å². The third-order valence-corrected chi connectivity index (χ3v) is 4.98. The summed E-state index contributed by atoms with van der Waals surface area (Å²) in [6, 6.07) is 15.7. The van der Waals surface area contributed by atoms with Crippen molar-refractivity contribution in [2.24, 2.45) is 0 Å². The molecular formula is C20H20Cl2N2O. The van der Waals surface area contributed by atoms with Crippen LogP contribution in [0.5, 0.6) is 0 Å². The summed E-state index contributed by atoms with van der Waals surface area (Å²) in [4.78, 5) is 16.6. The Balaban J connectivity index is 1.54. The number of benzene rings is 2. The molecule has 0 bridgehead atoms. The second-order valence-corrected chi connectivity index (χ2v) is 6.87. The van der Waals surface area contributed by atoms with Crippen LogP contribution in [0.4, 0.5) is 0 Å². The molecule has 1 fully saturated rings. The lowest BCUT2D eigenvalue weighted by Gasteiger charge is -2.34. The zero-order valence-corrected chi connectivity index (χ0v) is 15.4. The SMILES string of the molecule is O=C(/C=C/c1c(Cl)cccc1Cl)N1CCN(Cc2ccccc2)CC1. The highest BCUT2D eigenvalue weighted by Gasteiger charge is 2.19. The molecule has 1 heterocycles. The van der Waals surface area contributed by atoms with Crippen LogP contribution >= 0.6 is 23.2 Å². The maximum atomic E-state index is 12.4. The van der Waals surface area contributed by atoms with E-state index in [1.54, 1.807) is 30.4 Å². The quantitative estimate of drug-likeness (QED) is 0.742. The lowest BCUT2D eigenvalue weighted by atomic mass is 10.2. The van der Waals surface area contributed by atoms with E-state index < -0.39 is 0 Å². The molecule has 5 heteroatoms. The van der Waals surface area contributed by atoms with E-state index in [4.69, 9.17) is 23.2 Å². The molecule has 130 valence electrons. The first-order valence-corrected chi connectivity index (χ1v) is 9.06. The van der Waals surface area contributed by atoms with Crippen LogP contribution in [0.15, 0.2) is 54.6 Å². The zero-order chi connectivity index (χ0) is 17.6. The lowest BCUT2D eigenvalue weighted by Crippen LogP contribution is -2.47. The van der Waals surface area contributed by atoms with Gasteiger partial charge in [0, 0.05) is 54.4 Å². The molecule has 2 aromatic carbocycles. The summed E-state index contributed by atoms with van der Waals surface area (Å²) in [5.41, 5.74) is 1.98. The van der Waals surface area contributed by atoms with Crippen LogP contribution in [0.2, 0.25) is 10.0 Å². The topological polar surface area (TPSA) is 23.6 Å². The highest BCUT2D eigenvalue weighted by molar-refractivity contribution is 6.37. The maximum absolute atomic E-state index is 12.4. The largest absolute Gasteiger partial charge is 0.337 e. The molecule has 0 N–H and O–H groups in total. The summed E-state index contributed by atoms with van der Waals surface area (Å²) < 4.78 is 0. The second kappa shape index (κ2) is 8.52. The van der Waals surface area contributed by atoms with Crippen molar-refractivity contribution < 1.29 is 4.79 Å². The van der Waals surface area contributed by atoms with E-state index in [1.165, 1.54) is 5.56 Å². The van der Waals surface area contributed by atoms with Gasteiger partial charge in [0.05, 0.1) is 0 Å². The summed E-state index contributed by atoms with van der Waals surface area (Å²) in [6.45, 7) is 4.13. The number of hydrogen-bond donors (Lipinski definition) is 0. The minimum Gasteiger partial charge on any atom is -0.337 e. The summed E-state index contributed by atoms with van der Waals surface area (Å²) in [7, 11) is 0. The van der Waals surface area contributed by atoms with Crippen LogP contribution < -0.4 is 0 Å². The van der Waals surface area contributed by atoms with E-state index in [-0.39, 0.29) is 5.91 Å². The molecule has 1 saturated heterocycles. The molecule has 1 aliphatic rings. The standard InChI is InChI=1S/C20H20Cl2N2O/c21-18-7-4-8-19(22)17(18)9-10-20(25)24-13-11-23(12-14-24)15-16-5-2-1-3-6-16/h1-10H,11-15H2/b10-9+. The van der Waals surface area contributed by atoms with Crippen molar-refractivity contribution in [2.45, 2.75) is 6.54 Å². The monoisotopic (exact) mass is 374 g/mol. The highest BCUT2D eigenvalue weighted by atomic mass is 35.5. The van der Waals surface area contributed by atoms with Gasteiger partial charge in [0.1, 0.15) is 0 Å². The third-order valence-electron chi connectivity index (χ3n) is 4.33. The van der Waals surface area contributed by atoms with Crippen LogP contribution in [0.3, 0.4) is 0 Å². The predicted octanol–water partition coefficient (Wildman–Crippen LogP) is 4.35. The van der Waals surface area contributed by atoms with Crippen molar-refractivity contribution >= 4 is 35.2 Å². The molecule has 3 rings (SSSR count). The number of halogens is 2. The van der Waals surface area contributed by atoms with Crippen molar-refractivity contribution in [2.75, 3.05) is 26.2 Å². The fourth-order valence-electron chi connectivity index (χ4n) is 2.90. The molecule has 0 spiro atoms. The highest BCUT2D eigenvalue weighted by Crippen LogP contribution is 2.25. The molecular weight excluding hydrogens is 355 g/mol. The molecule has 0 unspecified atom stereocenters. The van der Waals surface area contributed by atoms with Crippen LogP contribution in [0.25, 0.3) is 6.08 Å². The van der Waals surface area contributed by atoms with E-state index in [0.717, 1.165) is 32.7 Å². The van der Waals surface area contributed by atoms with Gasteiger partial charge in [0.15, 0.2) is 0 Å². The number of amides is 1. The number of piperazine rings is 1. The number of carbonyl (C=O) groups excluding carboxylic acids is 1. The first-order chi connectivity index (χ1) is 12.1. The number of rotatable bonds is 4. The molecule has 1 amide bonds. The van der Waals surface area contributed by atoms with Crippen molar-refractivity contribution in [3.8, 4) is 0 Å². The van der Waals surface area contributed by atoms with Gasteiger partial charge in [-0.05, 0) is 23.8 Å². The van der Waals surface area contributed by atoms with Crippen molar-refractivity contribution in [1.29, 1.82) is 0 Å². The van der Waals surface area contributed by atoms with Gasteiger partial charge in [-0.15, -0.1) is 0 Å². The van der Waals surface area contributed by atoms with Crippen LogP contribution in [0, 0.1) is 0 Å². The van der Waals surface area contributed by atoms with Crippen LogP contribution in [0.1, 0.15) is 11.1 Å². The number of hydrogen-bond acceptors (Lipinski definition) is 2. The molecule has 25 heavy (non-hydrogen) atoms. The normalized spacial score (nSPS) is 15.7. The Morgan fingerprint density at radius 2 is 1.56 bits per heavy atom. The van der Waals surface area contributed by atoms with Crippen molar-refractivity contribution in [3.63, 3.8) is 0 Å². The first-order valence-electron chi connectivity index (χ1n) is 8.31. The molecule has 0 aromatic heterocycles. The Morgan fingerprint density at radius 1 is 0.920 bits per heavy atom. The predicted molar refractivity (Wildman–Crippen MR) is 104 cm³/mol. The van der Waals surface area contributed by atoms with E-state index in [0.29, 0.717) is 15.6 Å². The minimum absolute atomic E-state index is 0.00431. The average molecular weight is 375 g/mol. The third kappa shape index (κ3) is 4.85. The Morgan fingerprint density at radius 3 is 2.20 bits per heavy atom. The van der Waals surface area contributed by atoms with Crippen LogP contribution in [-0.4, -0.2) is 41.9 Å². The first kappa shape index (κ1) is 18.0. The van der Waals surface area contributed by atoms with E-state index in [2.05, 4.69) is 29.2 Å². The summed E-state index contributed by atoms with van der Waals surface area (Å²) in [6.07, 6.45) is 3.25. The fourth-order valence-corrected chi connectivity index (χ4v) is 3.42. The van der Waals surface area contributed by atoms with Gasteiger partial charge < -0.3 is 4.90 Å². The molecule has 1 aliphatic heterocycles. The molecule has 0 saturated carbocycles. The maximum Gasteiger partial charge on any atom is 0.246 e. The Bertz CT molecular complexity index is 733. The minimum atomic E-state index is -0.00431. The summed E-state index contributed by atoms with van der Waals surface area (Å²) in [5, 5.41) is 1.09. The smallest absolute Gasteiger partial charge is 0.246 e. The van der Waals surface area contributed by atoms with E-state index in [9.17, 15) is 4.79 Å². The molecule has 2 aromatic rings. The second-order valence-electron chi connectivity index (χ2n) is 6.06. The van der Waals surface area contributed by atoms with Gasteiger partial charge in [-0.1, -0.05) is 59.6 Å². The zero-order valence-electron chi connectivity index (χ0n) is 13.9. The lowest BCUT2D eigenvalue weighted by molar-refractivity contribution is -0.127. The molecule has 0 atom stereocenters. The Labute approximate surface area is 158 Å². The fraction of sp³-hybridized carbons (Fsp3) is 0.250. The Hall–Kier alpha value is -1.81. The summed E-state index contributed by atoms with van der Waals surface area (Å²) in [5.74, 6) is -0.00431. The van der Waals surface area contributed by atoms with Crippen LogP contribution in [-0.2, 0) is 11.3 Å². The molecule has 3 nitrogen and oxygen atoms in total. The molecule has 0 radical (unpaired) electrons. The van der Waals surface area contributed by atoms with E-state index in [1.807, 2.05) is 11.0 Å². The molecule has 0 aliphatic carbocycles.